The van der Waals surface area contributed by atoms with Crippen molar-refractivity contribution in [3.05, 3.63) is 84.2 Å². The molecule has 0 aliphatic carbocycles. The summed E-state index contributed by atoms with van der Waals surface area (Å²) in [5, 5.41) is 8.06. The maximum absolute atomic E-state index is 12.8. The van der Waals surface area contributed by atoms with E-state index in [1.54, 1.807) is 55.6 Å². The zero-order valence-corrected chi connectivity index (χ0v) is 13.9. The molecule has 5 nitrogen and oxygen atoms in total. The highest BCUT2D eigenvalue weighted by Crippen LogP contribution is 2.22. The maximum atomic E-state index is 12.8. The van der Waals surface area contributed by atoms with Crippen molar-refractivity contribution in [3.8, 4) is 11.5 Å². The van der Waals surface area contributed by atoms with E-state index in [1.807, 2.05) is 0 Å². The average Bonchev–Trinajstić information content (AvgIpc) is 2.68. The molecule has 0 amide bonds. The van der Waals surface area contributed by atoms with Crippen molar-refractivity contribution >= 4 is 17.3 Å². The van der Waals surface area contributed by atoms with E-state index in [4.69, 9.17) is 9.47 Å². The van der Waals surface area contributed by atoms with Crippen molar-refractivity contribution in [3.63, 3.8) is 0 Å². The molecule has 0 radical (unpaired) electrons. The first-order valence-electron chi connectivity index (χ1n) is 7.78. The number of hydrogen-bond acceptors (Lipinski definition) is 5. The van der Waals surface area contributed by atoms with Crippen molar-refractivity contribution in [2.45, 2.75) is 0 Å². The lowest BCUT2D eigenvalue weighted by atomic mass is 10.2. The molecule has 0 aliphatic rings. The highest BCUT2D eigenvalue weighted by atomic mass is 19.1. The van der Waals surface area contributed by atoms with E-state index in [0.29, 0.717) is 28.4 Å². The first-order valence-corrected chi connectivity index (χ1v) is 7.78. The van der Waals surface area contributed by atoms with Crippen LogP contribution in [-0.2, 0) is 0 Å². The van der Waals surface area contributed by atoms with Crippen LogP contribution in [0.15, 0.2) is 83.0 Å². The molecule has 26 heavy (non-hydrogen) atoms. The fraction of sp³-hybridized carbons (Fsp3) is 0.0500. The molecule has 6 heteroatoms. The normalized spacial score (nSPS) is 10.7. The second kappa shape index (κ2) is 8.02. The summed E-state index contributed by atoms with van der Waals surface area (Å²) < 4.78 is 23.2. The van der Waals surface area contributed by atoms with Crippen LogP contribution in [-0.4, -0.2) is 13.1 Å². The number of carbonyl (C=O) groups excluding carboxylic acids is 1. The molecule has 0 aliphatic heterocycles. The summed E-state index contributed by atoms with van der Waals surface area (Å²) in [5.74, 6) is 0.268. The van der Waals surface area contributed by atoms with Gasteiger partial charge in [-0.1, -0.05) is 0 Å². The predicted octanol–water partition coefficient (Wildman–Crippen LogP) is 5.47. The van der Waals surface area contributed by atoms with Gasteiger partial charge in [0.25, 0.3) is 0 Å². The zero-order chi connectivity index (χ0) is 18.4. The molecule has 0 atom stereocenters. The lowest BCUT2D eigenvalue weighted by Gasteiger charge is -2.05. The molecule has 130 valence electrons. The molecule has 3 aromatic carbocycles. The molecule has 0 saturated carbocycles. The van der Waals surface area contributed by atoms with Gasteiger partial charge in [-0.2, -0.15) is 10.2 Å². The van der Waals surface area contributed by atoms with Crippen LogP contribution in [0.3, 0.4) is 0 Å². The van der Waals surface area contributed by atoms with Gasteiger partial charge in [-0.15, -0.1) is 0 Å². The molecule has 0 unspecified atom stereocenters. The van der Waals surface area contributed by atoms with Gasteiger partial charge >= 0.3 is 5.97 Å². The highest BCUT2D eigenvalue weighted by Gasteiger charge is 2.08. The first kappa shape index (κ1) is 17.3. The van der Waals surface area contributed by atoms with Gasteiger partial charge in [0.15, 0.2) is 0 Å². The van der Waals surface area contributed by atoms with E-state index in [2.05, 4.69) is 10.2 Å². The minimum atomic E-state index is -0.464. The minimum absolute atomic E-state index is 0.327. The van der Waals surface area contributed by atoms with Crippen LogP contribution in [0.5, 0.6) is 11.5 Å². The van der Waals surface area contributed by atoms with E-state index in [1.165, 1.54) is 24.3 Å². The standard InChI is InChI=1S/C20H15FN2O3/c1-25-18-10-2-14(3-11-18)20(24)26-19-12-8-17(9-13-19)23-22-16-6-4-15(21)5-7-16/h2-13H,1H3. The Morgan fingerprint density at radius 2 is 1.27 bits per heavy atom. The molecule has 0 saturated heterocycles. The number of halogens is 1. The Bertz CT molecular complexity index is 905. The van der Waals surface area contributed by atoms with Gasteiger partial charge in [-0.3, -0.25) is 0 Å². The average molecular weight is 350 g/mol. The van der Waals surface area contributed by atoms with Crippen LogP contribution in [0.4, 0.5) is 15.8 Å². The Hall–Kier alpha value is -3.54. The summed E-state index contributed by atoms with van der Waals surface area (Å²) in [7, 11) is 1.56. The van der Waals surface area contributed by atoms with E-state index >= 15 is 0 Å². The Morgan fingerprint density at radius 3 is 1.81 bits per heavy atom. The van der Waals surface area contributed by atoms with Crippen LogP contribution in [0, 0.1) is 5.82 Å². The second-order valence-corrected chi connectivity index (χ2v) is 5.29. The smallest absolute Gasteiger partial charge is 0.343 e. The van der Waals surface area contributed by atoms with Crippen LogP contribution < -0.4 is 9.47 Å². The third-order valence-corrected chi connectivity index (χ3v) is 3.48. The fourth-order valence-corrected chi connectivity index (χ4v) is 2.10. The van der Waals surface area contributed by atoms with Crippen molar-refractivity contribution in [2.24, 2.45) is 10.2 Å². The number of nitrogens with zero attached hydrogens (tertiary/aromatic N) is 2. The van der Waals surface area contributed by atoms with E-state index in [9.17, 15) is 9.18 Å². The molecule has 0 N–H and O–H groups in total. The van der Waals surface area contributed by atoms with Gasteiger partial charge in [-0.25, -0.2) is 9.18 Å². The molecule has 0 heterocycles. The van der Waals surface area contributed by atoms with Gasteiger partial charge in [-0.05, 0) is 72.8 Å². The largest absolute Gasteiger partial charge is 0.497 e. The van der Waals surface area contributed by atoms with Crippen molar-refractivity contribution < 1.29 is 18.7 Å². The van der Waals surface area contributed by atoms with Crippen LogP contribution in [0.1, 0.15) is 10.4 Å². The number of esters is 1. The predicted molar refractivity (Wildman–Crippen MR) is 95.0 cm³/mol. The summed E-state index contributed by atoms with van der Waals surface area (Å²) in [6.07, 6.45) is 0. The minimum Gasteiger partial charge on any atom is -0.497 e. The van der Waals surface area contributed by atoms with E-state index < -0.39 is 5.97 Å². The molecule has 3 aromatic rings. The second-order valence-electron chi connectivity index (χ2n) is 5.29. The number of benzene rings is 3. The Kier molecular flexibility index (Phi) is 5.34. The lowest BCUT2D eigenvalue weighted by Crippen LogP contribution is -2.08. The zero-order valence-electron chi connectivity index (χ0n) is 13.9. The topological polar surface area (TPSA) is 60.2 Å². The molecule has 0 fully saturated rings. The highest BCUT2D eigenvalue weighted by molar-refractivity contribution is 5.91. The Balaban J connectivity index is 1.63. The fourth-order valence-electron chi connectivity index (χ4n) is 2.10. The summed E-state index contributed by atoms with van der Waals surface area (Å²) in [4.78, 5) is 12.1. The Morgan fingerprint density at radius 1 is 0.769 bits per heavy atom. The summed E-state index contributed by atoms with van der Waals surface area (Å²) >= 11 is 0. The number of ether oxygens (including phenoxy) is 2. The summed E-state index contributed by atoms with van der Waals surface area (Å²) in [6, 6.07) is 18.9. The summed E-state index contributed by atoms with van der Waals surface area (Å²) in [6.45, 7) is 0. The first-order chi connectivity index (χ1) is 12.6. The van der Waals surface area contributed by atoms with Crippen molar-refractivity contribution in [1.82, 2.24) is 0 Å². The van der Waals surface area contributed by atoms with Crippen LogP contribution >= 0.6 is 0 Å². The van der Waals surface area contributed by atoms with E-state index in [0.717, 1.165) is 0 Å². The molecular formula is C20H15FN2O3. The van der Waals surface area contributed by atoms with Gasteiger partial charge in [0, 0.05) is 0 Å². The molecule has 0 spiro atoms. The number of hydrogen-bond donors (Lipinski definition) is 0. The Labute approximate surface area is 149 Å². The SMILES string of the molecule is COc1ccc(C(=O)Oc2ccc(N=Nc3ccc(F)cc3)cc2)cc1. The van der Waals surface area contributed by atoms with Gasteiger partial charge in [0.2, 0.25) is 0 Å². The maximum Gasteiger partial charge on any atom is 0.343 e. The van der Waals surface area contributed by atoms with Gasteiger partial charge < -0.3 is 9.47 Å². The quantitative estimate of drug-likeness (QED) is 0.348. The molecule has 0 aromatic heterocycles. The summed E-state index contributed by atoms with van der Waals surface area (Å²) in [5.41, 5.74) is 1.55. The van der Waals surface area contributed by atoms with Crippen molar-refractivity contribution in [1.29, 1.82) is 0 Å². The third kappa shape index (κ3) is 4.51. The third-order valence-electron chi connectivity index (χ3n) is 3.48. The van der Waals surface area contributed by atoms with E-state index in [-0.39, 0.29) is 5.82 Å². The lowest BCUT2D eigenvalue weighted by molar-refractivity contribution is 0.0734. The van der Waals surface area contributed by atoms with Crippen LogP contribution in [0.2, 0.25) is 0 Å². The van der Waals surface area contributed by atoms with Gasteiger partial charge in [0.1, 0.15) is 17.3 Å². The van der Waals surface area contributed by atoms with Crippen LogP contribution in [0.25, 0.3) is 0 Å². The molecule has 3 rings (SSSR count). The number of methoxy groups -OCH3 is 1. The van der Waals surface area contributed by atoms with Gasteiger partial charge in [0.05, 0.1) is 24.0 Å². The number of rotatable bonds is 5. The molecular weight excluding hydrogens is 335 g/mol. The number of carbonyl (C=O) groups is 1. The number of azo groups is 1. The monoisotopic (exact) mass is 350 g/mol. The van der Waals surface area contributed by atoms with Crippen molar-refractivity contribution in [2.75, 3.05) is 7.11 Å². The molecule has 0 bridgehead atoms.